The molecule has 0 saturated carbocycles. The van der Waals surface area contributed by atoms with Crippen molar-refractivity contribution in [2.45, 2.75) is 38.7 Å². The second-order valence-corrected chi connectivity index (χ2v) is 21.7. The number of aromatic nitrogens is 2. The largest absolute Gasteiger partial charge is 0.504 e. The van der Waals surface area contributed by atoms with Crippen LogP contribution in [0.4, 0.5) is 0 Å². The highest BCUT2D eigenvalue weighted by molar-refractivity contribution is 9.08. The standard InChI is InChI=1S/C21H16Cl2O3.C16H15ClO3.C14H11ClO3.C7H6BrCl.C7H6N2.C7H6O3/c22-18-8-4-15(5-9-18)13-25-20-3-1-2-17(12-24)21(20)26-14-16-6-10-19(23)11-7-16;1-2-19-16-13(10-18)4-3-5-15(16)20-11-12-6-8-14(17)9-7-12;15-12-6-4-10(5-7-12)9-18-13-3-1-2-11(8-16)14(13)17;8-5-6-1-3-7(9)4-2-6;1-2-6-3-5-9-7(6)8-4-1;8-4-5-2-1-3-6(9)7(5)10/h1-12H,13-14H2;3-10H,2,11H2,1H3;1-8,17H,9H2;1-4H,5H2;1-5H,(H,8,9);1-4,9-10H. The summed E-state index contributed by atoms with van der Waals surface area (Å²) in [6.45, 7) is 3.68. The molecule has 2 aromatic heterocycles. The SMILES string of the molecule is CCOc1c(C=O)cccc1OCc1ccc(Cl)cc1.Clc1ccc(CBr)cc1.O=Cc1cccc(O)c1O.O=Cc1cccc(OCc2ccc(Cl)cc2)c1O.O=Cc1cccc(OCc2ccc(Cl)cc2)c1OCc1ccc(Cl)cc1.c1cnc2[nH]ccc2c1. The number of carbonyl (C=O) groups excluding carboxylic acids is 4. The highest BCUT2D eigenvalue weighted by Gasteiger charge is 2.14. The van der Waals surface area contributed by atoms with Crippen molar-refractivity contribution in [2.24, 2.45) is 0 Å². The lowest BCUT2D eigenvalue weighted by Gasteiger charge is -2.15. The minimum atomic E-state index is -0.363. The van der Waals surface area contributed by atoms with E-state index >= 15 is 0 Å². The molecule has 0 aliphatic carbocycles. The Kier molecular flexibility index (Phi) is 30.5. The number of aromatic amines is 1. The molecule has 2 heterocycles. The number of para-hydroxylation sites is 4. The summed E-state index contributed by atoms with van der Waals surface area (Å²) in [6, 6.07) is 62.6. The Morgan fingerprint density at radius 1 is 0.402 bits per heavy atom. The number of aldehydes is 4. The first-order chi connectivity index (χ1) is 44.6. The number of aromatic hydroxyl groups is 3. The molecule has 20 heteroatoms. The average Bonchev–Trinajstić information content (AvgIpc) is 3.18. The van der Waals surface area contributed by atoms with Crippen LogP contribution in [0, 0.1) is 0 Å². The van der Waals surface area contributed by atoms with Gasteiger partial charge in [-0.05, 0) is 162 Å². The van der Waals surface area contributed by atoms with E-state index in [1.807, 2.05) is 116 Å². The number of nitrogens with zero attached hydrogens (tertiary/aromatic N) is 1. The Labute approximate surface area is 565 Å². The van der Waals surface area contributed by atoms with E-state index in [0.717, 1.165) is 56.2 Å². The van der Waals surface area contributed by atoms with Crippen molar-refractivity contribution in [3.8, 4) is 46.0 Å². The van der Waals surface area contributed by atoms with E-state index in [1.54, 1.807) is 91.1 Å². The summed E-state index contributed by atoms with van der Waals surface area (Å²) in [6.07, 6.45) is 6.25. The second kappa shape index (κ2) is 39.1. The highest BCUT2D eigenvalue weighted by Crippen LogP contribution is 2.34. The quantitative estimate of drug-likeness (QED) is 0.0338. The van der Waals surface area contributed by atoms with Crippen molar-refractivity contribution in [3.63, 3.8) is 0 Å². The predicted molar refractivity (Wildman–Crippen MR) is 367 cm³/mol. The lowest BCUT2D eigenvalue weighted by atomic mass is 10.2. The van der Waals surface area contributed by atoms with Crippen molar-refractivity contribution in [1.82, 2.24) is 9.97 Å². The lowest BCUT2D eigenvalue weighted by Crippen LogP contribution is -2.03. The van der Waals surface area contributed by atoms with Crippen LogP contribution in [0.5, 0.6) is 46.0 Å². The fraction of sp³-hybridized carbons (Fsp3) is 0.0972. The number of nitrogens with one attached hydrogen (secondary N) is 1. The maximum Gasteiger partial charge on any atom is 0.172 e. The molecule has 4 N–H and O–H groups in total. The zero-order valence-corrected chi connectivity index (χ0v) is 54.5. The molecule has 92 heavy (non-hydrogen) atoms. The molecule has 472 valence electrons. The molecule has 0 aliphatic rings. The minimum absolute atomic E-state index is 0.0972. The summed E-state index contributed by atoms with van der Waals surface area (Å²) in [5.41, 5.74) is 7.27. The van der Waals surface area contributed by atoms with Gasteiger partial charge in [-0.1, -0.05) is 159 Å². The second-order valence-electron chi connectivity index (χ2n) is 19.0. The van der Waals surface area contributed by atoms with E-state index in [9.17, 15) is 24.3 Å². The van der Waals surface area contributed by atoms with Gasteiger partial charge in [-0.2, -0.15) is 0 Å². The molecule has 0 atom stereocenters. The van der Waals surface area contributed by atoms with Crippen LogP contribution in [0.1, 0.15) is 76.2 Å². The van der Waals surface area contributed by atoms with Crippen LogP contribution in [-0.2, 0) is 31.8 Å². The van der Waals surface area contributed by atoms with Crippen LogP contribution < -0.4 is 23.7 Å². The number of phenolic OH excluding ortho intramolecular Hbond substituents is 3. The Hall–Kier alpha value is -9.32. The number of pyridine rings is 1. The zero-order valence-electron chi connectivity index (χ0n) is 49.1. The Morgan fingerprint density at radius 3 is 1.15 bits per heavy atom. The third kappa shape index (κ3) is 23.8. The predicted octanol–water partition coefficient (Wildman–Crippen LogP) is 19.2. The van der Waals surface area contributed by atoms with Gasteiger partial charge in [0.05, 0.1) is 28.9 Å². The van der Waals surface area contributed by atoms with Gasteiger partial charge in [0.15, 0.2) is 71.1 Å². The number of carbonyl (C=O) groups is 4. The lowest BCUT2D eigenvalue weighted by molar-refractivity contribution is 0.111. The summed E-state index contributed by atoms with van der Waals surface area (Å²) in [7, 11) is 0. The molecule has 14 nitrogen and oxygen atoms in total. The minimum Gasteiger partial charge on any atom is -0.504 e. The molecule has 11 aromatic rings. The molecule has 0 saturated heterocycles. The molecule has 11 rings (SSSR count). The number of halogens is 6. The summed E-state index contributed by atoms with van der Waals surface area (Å²) in [5, 5.41) is 33.0. The third-order valence-electron chi connectivity index (χ3n) is 12.5. The number of hydrogen-bond acceptors (Lipinski definition) is 13. The van der Waals surface area contributed by atoms with E-state index in [0.29, 0.717) is 99.8 Å². The van der Waals surface area contributed by atoms with Gasteiger partial charge in [0, 0.05) is 48.2 Å². The summed E-state index contributed by atoms with van der Waals surface area (Å²) in [4.78, 5) is 50.3. The number of hydrogen-bond donors (Lipinski definition) is 4. The summed E-state index contributed by atoms with van der Waals surface area (Å²) in [5.74, 6) is 1.49. The Bertz CT molecular complexity index is 4040. The van der Waals surface area contributed by atoms with Gasteiger partial charge in [0.25, 0.3) is 0 Å². The van der Waals surface area contributed by atoms with Crippen molar-refractivity contribution in [3.05, 3.63) is 300 Å². The number of phenols is 3. The third-order valence-corrected chi connectivity index (χ3v) is 14.4. The Morgan fingerprint density at radius 2 is 0.761 bits per heavy atom. The van der Waals surface area contributed by atoms with E-state index in [2.05, 4.69) is 25.9 Å². The smallest absolute Gasteiger partial charge is 0.172 e. The molecule has 0 fully saturated rings. The van der Waals surface area contributed by atoms with Crippen LogP contribution in [0.15, 0.2) is 225 Å². The van der Waals surface area contributed by atoms with E-state index in [4.69, 9.17) is 91.9 Å². The normalized spacial score (nSPS) is 10.0. The van der Waals surface area contributed by atoms with Crippen LogP contribution in [0.25, 0.3) is 11.0 Å². The number of ether oxygens (including phenoxy) is 5. The van der Waals surface area contributed by atoms with Crippen LogP contribution >= 0.6 is 73.9 Å². The van der Waals surface area contributed by atoms with E-state index < -0.39 is 0 Å². The van der Waals surface area contributed by atoms with Gasteiger partial charge in [-0.3, -0.25) is 19.2 Å². The molecule has 0 amide bonds. The molecule has 9 aromatic carbocycles. The van der Waals surface area contributed by atoms with Gasteiger partial charge < -0.3 is 44.0 Å². The topological polar surface area (TPSA) is 204 Å². The zero-order chi connectivity index (χ0) is 66.0. The molecular formula is C72H60BrCl5N2O12. The van der Waals surface area contributed by atoms with Crippen molar-refractivity contribution >= 4 is 110 Å². The maximum absolute atomic E-state index is 11.4. The first kappa shape index (κ1) is 71.8. The molecule has 0 aliphatic heterocycles. The highest BCUT2D eigenvalue weighted by atomic mass is 79.9. The van der Waals surface area contributed by atoms with Gasteiger partial charge in [0.1, 0.15) is 32.1 Å². The number of H-pyrrole nitrogens is 1. The van der Waals surface area contributed by atoms with E-state index in [-0.39, 0.29) is 34.1 Å². The van der Waals surface area contributed by atoms with Gasteiger partial charge in [-0.25, -0.2) is 4.98 Å². The first-order valence-corrected chi connectivity index (χ1v) is 30.9. The number of fused-ring (bicyclic) bond motifs is 1. The molecular weight excluding hydrogens is 1340 g/mol. The maximum atomic E-state index is 11.4. The van der Waals surface area contributed by atoms with Gasteiger partial charge in [-0.15, -0.1) is 0 Å². The average molecular weight is 1400 g/mol. The fourth-order valence-electron chi connectivity index (χ4n) is 7.74. The number of rotatable bonds is 19. The van der Waals surface area contributed by atoms with Crippen molar-refractivity contribution in [1.29, 1.82) is 0 Å². The fourth-order valence-corrected chi connectivity index (χ4v) is 8.75. The van der Waals surface area contributed by atoms with Crippen LogP contribution in [0.3, 0.4) is 0 Å². The van der Waals surface area contributed by atoms with Crippen LogP contribution in [0.2, 0.25) is 25.1 Å². The molecule has 0 spiro atoms. The van der Waals surface area contributed by atoms with E-state index in [1.165, 1.54) is 29.8 Å². The Balaban J connectivity index is 0.000000183. The number of alkyl halides is 1. The monoisotopic (exact) mass is 1400 g/mol. The van der Waals surface area contributed by atoms with Crippen molar-refractivity contribution < 1.29 is 58.2 Å². The first-order valence-electron chi connectivity index (χ1n) is 27.9. The summed E-state index contributed by atoms with van der Waals surface area (Å²) >= 11 is 32.4. The molecule has 0 unspecified atom stereocenters. The van der Waals surface area contributed by atoms with Crippen LogP contribution in [-0.4, -0.2) is 57.0 Å². The molecule has 0 bridgehead atoms. The number of benzene rings is 9. The summed E-state index contributed by atoms with van der Waals surface area (Å²) < 4.78 is 28.4. The van der Waals surface area contributed by atoms with Crippen molar-refractivity contribution in [2.75, 3.05) is 6.61 Å². The van der Waals surface area contributed by atoms with Gasteiger partial charge in [0.2, 0.25) is 0 Å². The molecule has 0 radical (unpaired) electrons. The van der Waals surface area contributed by atoms with Gasteiger partial charge >= 0.3 is 0 Å².